The molecule has 0 bridgehead atoms. The lowest BCUT2D eigenvalue weighted by Crippen LogP contribution is -2.37. The third-order valence-electron chi connectivity index (χ3n) is 3.39. The Kier molecular flexibility index (Phi) is 6.12. The molecule has 17 heavy (non-hydrogen) atoms. The van der Waals surface area contributed by atoms with Crippen molar-refractivity contribution in [3.05, 3.63) is 0 Å². The maximum Gasteiger partial charge on any atom is 0.157 e. The summed E-state index contributed by atoms with van der Waals surface area (Å²) in [4.78, 5) is 2.56. The molecule has 3 nitrogen and oxygen atoms in total. The zero-order valence-corrected chi connectivity index (χ0v) is 11.7. The lowest BCUT2D eigenvalue weighted by atomic mass is 10.2. The van der Waals surface area contributed by atoms with Crippen molar-refractivity contribution in [2.24, 2.45) is 0 Å². The van der Waals surface area contributed by atoms with Gasteiger partial charge >= 0.3 is 0 Å². The summed E-state index contributed by atoms with van der Waals surface area (Å²) in [5, 5.41) is 0.798. The van der Waals surface area contributed by atoms with Gasteiger partial charge in [-0.2, -0.15) is 11.8 Å². The molecule has 0 saturated carbocycles. The fourth-order valence-electron chi connectivity index (χ4n) is 2.44. The monoisotopic (exact) mass is 259 g/mol. The van der Waals surface area contributed by atoms with Gasteiger partial charge in [-0.05, 0) is 25.7 Å². The van der Waals surface area contributed by atoms with Crippen LogP contribution in [0.25, 0.3) is 0 Å². The van der Waals surface area contributed by atoms with Crippen LogP contribution in [0, 0.1) is 0 Å². The molecule has 2 aliphatic rings. The summed E-state index contributed by atoms with van der Waals surface area (Å²) in [5.74, 6) is 1.29. The van der Waals surface area contributed by atoms with Crippen LogP contribution in [0.2, 0.25) is 0 Å². The van der Waals surface area contributed by atoms with E-state index in [1.54, 1.807) is 0 Å². The van der Waals surface area contributed by atoms with E-state index in [1.807, 2.05) is 0 Å². The van der Waals surface area contributed by atoms with E-state index in [0.29, 0.717) is 0 Å². The quantitative estimate of drug-likeness (QED) is 0.707. The van der Waals surface area contributed by atoms with E-state index in [0.717, 1.165) is 31.3 Å². The normalized spacial score (nSPS) is 31.6. The summed E-state index contributed by atoms with van der Waals surface area (Å²) < 4.78 is 11.3. The first-order chi connectivity index (χ1) is 8.34. The number of hydrogen-bond acceptors (Lipinski definition) is 4. The van der Waals surface area contributed by atoms with Crippen molar-refractivity contribution in [1.29, 1.82) is 0 Å². The number of nitrogens with zero attached hydrogens (tertiary/aromatic N) is 1. The maximum atomic E-state index is 5.75. The Balaban J connectivity index is 1.50. The van der Waals surface area contributed by atoms with E-state index < -0.39 is 0 Å². The Labute approximate surface area is 109 Å². The molecule has 2 fully saturated rings. The average molecular weight is 259 g/mol. The molecule has 2 atom stereocenters. The second-order valence-corrected chi connectivity index (χ2v) is 6.55. The Bertz CT molecular complexity index is 210. The van der Waals surface area contributed by atoms with Crippen molar-refractivity contribution in [2.75, 3.05) is 38.6 Å². The van der Waals surface area contributed by atoms with E-state index in [2.05, 4.69) is 23.6 Å². The van der Waals surface area contributed by atoms with Gasteiger partial charge in [0.2, 0.25) is 0 Å². The molecule has 0 aliphatic carbocycles. The third kappa shape index (κ3) is 5.16. The summed E-state index contributed by atoms with van der Waals surface area (Å²) in [6.07, 6.45) is 4.75. The Morgan fingerprint density at radius 1 is 1.41 bits per heavy atom. The standard InChI is InChI=1S/C13H25NO2S/c1-12-11-14(7-10-17-12)6-4-9-16-13-5-2-3-8-15-13/h12-13H,2-11H2,1H3/t12-,13-/m0/s1. The molecule has 0 aromatic carbocycles. The van der Waals surface area contributed by atoms with E-state index in [-0.39, 0.29) is 6.29 Å². The van der Waals surface area contributed by atoms with Gasteiger partial charge in [-0.25, -0.2) is 0 Å². The summed E-state index contributed by atoms with van der Waals surface area (Å²) in [6, 6.07) is 0. The predicted molar refractivity (Wildman–Crippen MR) is 72.5 cm³/mol. The first kappa shape index (κ1) is 13.7. The Morgan fingerprint density at radius 2 is 2.35 bits per heavy atom. The van der Waals surface area contributed by atoms with Crippen molar-refractivity contribution in [3.8, 4) is 0 Å². The largest absolute Gasteiger partial charge is 0.353 e. The highest BCUT2D eigenvalue weighted by Gasteiger charge is 2.17. The van der Waals surface area contributed by atoms with Gasteiger partial charge in [0.15, 0.2) is 6.29 Å². The molecule has 2 aliphatic heterocycles. The first-order valence-electron chi connectivity index (χ1n) is 6.92. The lowest BCUT2D eigenvalue weighted by Gasteiger charge is -2.30. The van der Waals surface area contributed by atoms with Crippen LogP contribution in [0.1, 0.15) is 32.6 Å². The van der Waals surface area contributed by atoms with Crippen molar-refractivity contribution in [2.45, 2.75) is 44.1 Å². The highest BCUT2D eigenvalue weighted by Crippen LogP contribution is 2.18. The van der Waals surface area contributed by atoms with Gasteiger partial charge in [0, 0.05) is 37.2 Å². The molecule has 0 amide bonds. The van der Waals surface area contributed by atoms with Gasteiger partial charge in [0.05, 0.1) is 6.61 Å². The smallest absolute Gasteiger partial charge is 0.157 e. The van der Waals surface area contributed by atoms with Crippen molar-refractivity contribution >= 4 is 11.8 Å². The van der Waals surface area contributed by atoms with Crippen molar-refractivity contribution < 1.29 is 9.47 Å². The molecule has 2 rings (SSSR count). The number of ether oxygens (including phenoxy) is 2. The predicted octanol–water partition coefficient (Wildman–Crippen LogP) is 2.36. The number of hydrogen-bond donors (Lipinski definition) is 0. The molecule has 0 radical (unpaired) electrons. The summed E-state index contributed by atoms with van der Waals surface area (Å²) >= 11 is 2.09. The van der Waals surface area contributed by atoms with Crippen LogP contribution in [0.3, 0.4) is 0 Å². The molecule has 0 unspecified atom stereocenters. The van der Waals surface area contributed by atoms with E-state index in [9.17, 15) is 0 Å². The van der Waals surface area contributed by atoms with Crippen LogP contribution in [-0.2, 0) is 9.47 Å². The summed E-state index contributed by atoms with van der Waals surface area (Å²) in [7, 11) is 0. The maximum absolute atomic E-state index is 5.75. The third-order valence-corrected chi connectivity index (χ3v) is 4.52. The number of thioether (sulfide) groups is 1. The fourth-order valence-corrected chi connectivity index (χ4v) is 3.52. The van der Waals surface area contributed by atoms with Crippen LogP contribution in [0.4, 0.5) is 0 Å². The molecule has 0 aromatic heterocycles. The zero-order chi connectivity index (χ0) is 11.9. The molecule has 0 spiro atoms. The molecule has 4 heteroatoms. The van der Waals surface area contributed by atoms with Gasteiger partial charge in [-0.15, -0.1) is 0 Å². The molecular weight excluding hydrogens is 234 g/mol. The van der Waals surface area contributed by atoms with Gasteiger partial charge in [0.1, 0.15) is 0 Å². The Hall–Kier alpha value is 0.230. The fraction of sp³-hybridized carbons (Fsp3) is 1.00. The second-order valence-electron chi connectivity index (χ2n) is 5.00. The molecule has 2 saturated heterocycles. The minimum atomic E-state index is 0.0829. The second kappa shape index (κ2) is 7.62. The SMILES string of the molecule is C[C@H]1CN(CCCO[C@H]2CCCCO2)CCS1. The van der Waals surface area contributed by atoms with E-state index in [4.69, 9.17) is 9.47 Å². The van der Waals surface area contributed by atoms with Gasteiger partial charge < -0.3 is 14.4 Å². The summed E-state index contributed by atoms with van der Waals surface area (Å²) in [5.41, 5.74) is 0. The molecule has 100 valence electrons. The minimum absolute atomic E-state index is 0.0829. The molecule has 0 N–H and O–H groups in total. The molecular formula is C13H25NO2S. The average Bonchev–Trinajstić information content (AvgIpc) is 2.36. The number of rotatable bonds is 5. The van der Waals surface area contributed by atoms with Crippen molar-refractivity contribution in [1.82, 2.24) is 4.90 Å². The highest BCUT2D eigenvalue weighted by molar-refractivity contribution is 7.99. The van der Waals surface area contributed by atoms with Crippen LogP contribution in [0.5, 0.6) is 0 Å². The van der Waals surface area contributed by atoms with Crippen LogP contribution in [-0.4, -0.2) is 55.0 Å². The topological polar surface area (TPSA) is 21.7 Å². The van der Waals surface area contributed by atoms with Gasteiger partial charge in [-0.3, -0.25) is 0 Å². The highest BCUT2D eigenvalue weighted by atomic mass is 32.2. The van der Waals surface area contributed by atoms with Crippen molar-refractivity contribution in [3.63, 3.8) is 0 Å². The minimum Gasteiger partial charge on any atom is -0.353 e. The van der Waals surface area contributed by atoms with Gasteiger partial charge in [0.25, 0.3) is 0 Å². The van der Waals surface area contributed by atoms with Crippen LogP contribution in [0.15, 0.2) is 0 Å². The summed E-state index contributed by atoms with van der Waals surface area (Å²) in [6.45, 7) is 7.72. The first-order valence-corrected chi connectivity index (χ1v) is 7.96. The zero-order valence-electron chi connectivity index (χ0n) is 10.9. The van der Waals surface area contributed by atoms with Gasteiger partial charge in [-0.1, -0.05) is 6.92 Å². The Morgan fingerprint density at radius 3 is 3.12 bits per heavy atom. The lowest BCUT2D eigenvalue weighted by molar-refractivity contribution is -0.163. The van der Waals surface area contributed by atoms with Crippen LogP contribution >= 0.6 is 11.8 Å². The van der Waals surface area contributed by atoms with E-state index >= 15 is 0 Å². The molecule has 2 heterocycles. The van der Waals surface area contributed by atoms with Crippen LogP contribution < -0.4 is 0 Å². The molecule has 0 aromatic rings. The van der Waals surface area contributed by atoms with E-state index in [1.165, 1.54) is 38.2 Å².